The molecule has 5 nitrogen and oxygen atoms in total. The molecule has 114 valence electrons. The summed E-state index contributed by atoms with van der Waals surface area (Å²) in [5, 5.41) is 2.80. The summed E-state index contributed by atoms with van der Waals surface area (Å²) in [4.78, 5) is 24.2. The van der Waals surface area contributed by atoms with E-state index >= 15 is 0 Å². The Morgan fingerprint density at radius 2 is 2.10 bits per heavy atom. The Morgan fingerprint density at radius 3 is 2.71 bits per heavy atom. The van der Waals surface area contributed by atoms with Gasteiger partial charge in [0.1, 0.15) is 0 Å². The van der Waals surface area contributed by atoms with E-state index in [-0.39, 0.29) is 11.7 Å². The monoisotopic (exact) mass is 291 g/mol. The lowest BCUT2D eigenvalue weighted by Gasteiger charge is -2.17. The van der Waals surface area contributed by atoms with Crippen molar-refractivity contribution in [2.24, 2.45) is 0 Å². The summed E-state index contributed by atoms with van der Waals surface area (Å²) < 4.78 is 10.7. The van der Waals surface area contributed by atoms with Crippen molar-refractivity contribution in [2.75, 3.05) is 14.2 Å². The molecule has 0 radical (unpaired) electrons. The number of carbonyl (C=O) groups excluding carboxylic acids is 2. The highest BCUT2D eigenvalue weighted by Crippen LogP contribution is 2.36. The van der Waals surface area contributed by atoms with Gasteiger partial charge in [-0.25, -0.2) is 0 Å². The number of hydrogen-bond acceptors (Lipinski definition) is 4. The number of amides is 1. The number of rotatable bonds is 4. The van der Waals surface area contributed by atoms with Gasteiger partial charge in [0.25, 0.3) is 0 Å². The zero-order valence-electron chi connectivity index (χ0n) is 12.7. The highest BCUT2D eigenvalue weighted by atomic mass is 16.5. The van der Waals surface area contributed by atoms with Gasteiger partial charge < -0.3 is 14.8 Å². The van der Waals surface area contributed by atoms with Crippen LogP contribution in [0.1, 0.15) is 42.1 Å². The molecule has 2 rings (SSSR count). The van der Waals surface area contributed by atoms with Crippen molar-refractivity contribution in [3.63, 3.8) is 0 Å². The van der Waals surface area contributed by atoms with Gasteiger partial charge in [-0.2, -0.15) is 0 Å². The van der Waals surface area contributed by atoms with E-state index in [1.165, 1.54) is 0 Å². The summed E-state index contributed by atoms with van der Waals surface area (Å²) >= 11 is 0. The van der Waals surface area contributed by atoms with Gasteiger partial charge in [0.2, 0.25) is 5.91 Å². The average molecular weight is 291 g/mol. The number of ether oxygens (including phenoxy) is 2. The Bertz CT molecular complexity index is 553. The number of methoxy groups -OCH3 is 2. The number of nitrogens with one attached hydrogen (secondary N) is 1. The third-order valence-corrected chi connectivity index (χ3v) is 3.81. The minimum absolute atomic E-state index is 0.0507. The fourth-order valence-electron chi connectivity index (χ4n) is 2.71. The highest BCUT2D eigenvalue weighted by Gasteiger charge is 2.29. The Kier molecular flexibility index (Phi) is 4.83. The van der Waals surface area contributed by atoms with E-state index in [0.717, 1.165) is 18.4 Å². The Hall–Kier alpha value is -2.04. The quantitative estimate of drug-likeness (QED) is 0.863. The molecule has 0 fully saturated rings. The van der Waals surface area contributed by atoms with Gasteiger partial charge in [-0.3, -0.25) is 9.59 Å². The van der Waals surface area contributed by atoms with Crippen molar-refractivity contribution >= 4 is 11.7 Å². The minimum Gasteiger partial charge on any atom is -0.493 e. The molecule has 0 aliphatic heterocycles. The number of Topliss-reactive ketones (excluding diaryl/α,β-unsaturated/α-hetero) is 1. The first-order chi connectivity index (χ1) is 10.1. The number of ketones is 1. The standard InChI is InChI=1S/C16H21NO4/c1-4-14(18)17-12-7-5-6-11-10(15(12)19)8-9-13(20-2)16(11)21-3/h8-9,12H,4-7H2,1-3H3,(H,17,18). The van der Waals surface area contributed by atoms with Gasteiger partial charge in [0.05, 0.1) is 20.3 Å². The molecule has 0 spiro atoms. The van der Waals surface area contributed by atoms with Crippen LogP contribution in [0.25, 0.3) is 0 Å². The van der Waals surface area contributed by atoms with E-state index in [0.29, 0.717) is 29.9 Å². The van der Waals surface area contributed by atoms with Crippen LogP contribution in [0.4, 0.5) is 0 Å². The van der Waals surface area contributed by atoms with Crippen LogP contribution >= 0.6 is 0 Å². The lowest BCUT2D eigenvalue weighted by Crippen LogP contribution is -2.40. The maximum Gasteiger partial charge on any atom is 0.220 e. The van der Waals surface area contributed by atoms with Crippen LogP contribution in [0.15, 0.2) is 12.1 Å². The molecule has 21 heavy (non-hydrogen) atoms. The maximum absolute atomic E-state index is 12.6. The fourth-order valence-corrected chi connectivity index (χ4v) is 2.71. The summed E-state index contributed by atoms with van der Waals surface area (Å²) in [7, 11) is 3.15. The van der Waals surface area contributed by atoms with Crippen molar-refractivity contribution < 1.29 is 19.1 Å². The van der Waals surface area contributed by atoms with Crippen LogP contribution in [0, 0.1) is 0 Å². The SMILES string of the molecule is CCC(=O)NC1CCCc2c(ccc(OC)c2OC)C1=O. The minimum atomic E-state index is -0.447. The second-order valence-electron chi connectivity index (χ2n) is 5.06. The van der Waals surface area contributed by atoms with Gasteiger partial charge in [-0.15, -0.1) is 0 Å². The zero-order valence-corrected chi connectivity index (χ0v) is 12.7. The van der Waals surface area contributed by atoms with Crippen molar-refractivity contribution in [1.82, 2.24) is 5.32 Å². The van der Waals surface area contributed by atoms with E-state index in [9.17, 15) is 9.59 Å². The van der Waals surface area contributed by atoms with Crippen LogP contribution in [0.5, 0.6) is 11.5 Å². The first-order valence-electron chi connectivity index (χ1n) is 7.19. The molecule has 1 aliphatic rings. The maximum atomic E-state index is 12.6. The van der Waals surface area contributed by atoms with E-state index in [2.05, 4.69) is 5.32 Å². The normalized spacial score (nSPS) is 17.7. The lowest BCUT2D eigenvalue weighted by molar-refractivity contribution is -0.121. The van der Waals surface area contributed by atoms with Gasteiger partial charge in [0.15, 0.2) is 17.3 Å². The van der Waals surface area contributed by atoms with Crippen molar-refractivity contribution in [3.8, 4) is 11.5 Å². The van der Waals surface area contributed by atoms with Crippen LogP contribution in [-0.4, -0.2) is 32.0 Å². The van der Waals surface area contributed by atoms with E-state index in [4.69, 9.17) is 9.47 Å². The number of carbonyl (C=O) groups is 2. The second-order valence-corrected chi connectivity index (χ2v) is 5.06. The third kappa shape index (κ3) is 3.01. The van der Waals surface area contributed by atoms with Gasteiger partial charge in [-0.05, 0) is 31.4 Å². The van der Waals surface area contributed by atoms with E-state index in [1.807, 2.05) is 0 Å². The van der Waals surface area contributed by atoms with E-state index < -0.39 is 6.04 Å². The molecule has 1 aliphatic carbocycles. The molecule has 1 amide bonds. The predicted molar refractivity (Wildman–Crippen MR) is 79.0 cm³/mol. The van der Waals surface area contributed by atoms with Crippen LogP contribution in [0.2, 0.25) is 0 Å². The molecular formula is C16H21NO4. The summed E-state index contributed by atoms with van der Waals surface area (Å²) in [5.41, 5.74) is 1.49. The predicted octanol–water partition coefficient (Wildman–Crippen LogP) is 2.12. The fraction of sp³-hybridized carbons (Fsp3) is 0.500. The molecule has 0 saturated carbocycles. The molecule has 1 unspecified atom stereocenters. The van der Waals surface area contributed by atoms with Crippen molar-refractivity contribution in [2.45, 2.75) is 38.6 Å². The van der Waals surface area contributed by atoms with Crippen LogP contribution in [0.3, 0.4) is 0 Å². The van der Waals surface area contributed by atoms with Crippen LogP contribution in [-0.2, 0) is 11.2 Å². The second kappa shape index (κ2) is 6.61. The van der Waals surface area contributed by atoms with Gasteiger partial charge in [-0.1, -0.05) is 6.92 Å². The Labute approximate surface area is 124 Å². The van der Waals surface area contributed by atoms with Crippen LogP contribution < -0.4 is 14.8 Å². The van der Waals surface area contributed by atoms with Gasteiger partial charge in [0, 0.05) is 17.5 Å². The smallest absolute Gasteiger partial charge is 0.220 e. The molecular weight excluding hydrogens is 270 g/mol. The molecule has 0 bridgehead atoms. The molecule has 1 aromatic rings. The summed E-state index contributed by atoms with van der Waals surface area (Å²) in [6, 6.07) is 3.05. The van der Waals surface area contributed by atoms with Gasteiger partial charge >= 0.3 is 0 Å². The molecule has 0 saturated heterocycles. The molecule has 1 aromatic carbocycles. The lowest BCUT2D eigenvalue weighted by atomic mass is 9.99. The van der Waals surface area contributed by atoms with Crippen molar-refractivity contribution in [1.29, 1.82) is 0 Å². The number of hydrogen-bond donors (Lipinski definition) is 1. The molecule has 0 heterocycles. The Balaban J connectivity index is 2.39. The third-order valence-electron chi connectivity index (χ3n) is 3.81. The first kappa shape index (κ1) is 15.4. The van der Waals surface area contributed by atoms with E-state index in [1.54, 1.807) is 33.3 Å². The highest BCUT2D eigenvalue weighted by molar-refractivity contribution is 6.04. The molecule has 0 aromatic heterocycles. The average Bonchev–Trinajstić information content (AvgIpc) is 2.66. The molecule has 1 N–H and O–H groups in total. The summed E-state index contributed by atoms with van der Waals surface area (Å²) in [6.45, 7) is 1.78. The molecule has 5 heteroatoms. The summed E-state index contributed by atoms with van der Waals surface area (Å²) in [5.74, 6) is 1.09. The topological polar surface area (TPSA) is 64.6 Å². The number of benzene rings is 1. The first-order valence-corrected chi connectivity index (χ1v) is 7.19. The zero-order chi connectivity index (χ0) is 15.4. The number of fused-ring (bicyclic) bond motifs is 1. The summed E-state index contributed by atoms with van der Waals surface area (Å²) in [6.07, 6.45) is 2.57. The molecule has 1 atom stereocenters. The van der Waals surface area contributed by atoms with Crippen molar-refractivity contribution in [3.05, 3.63) is 23.3 Å². The largest absolute Gasteiger partial charge is 0.493 e. The Morgan fingerprint density at radius 1 is 1.33 bits per heavy atom.